The van der Waals surface area contributed by atoms with Crippen LogP contribution >= 0.6 is 0 Å². The summed E-state index contributed by atoms with van der Waals surface area (Å²) in [5.41, 5.74) is 0.338. The number of H-pyrrole nitrogens is 1. The summed E-state index contributed by atoms with van der Waals surface area (Å²) in [6.07, 6.45) is 1.37. The molecule has 10 heteroatoms. The van der Waals surface area contributed by atoms with Gasteiger partial charge in [0.05, 0.1) is 4.90 Å². The van der Waals surface area contributed by atoms with Crippen LogP contribution in [0.1, 0.15) is 26.7 Å². The van der Waals surface area contributed by atoms with Crippen molar-refractivity contribution < 1.29 is 8.42 Å². The molecule has 0 bridgehead atoms. The number of aromatic nitrogens is 4. The molecule has 0 aliphatic carbocycles. The van der Waals surface area contributed by atoms with Crippen LogP contribution in [0.25, 0.3) is 22.6 Å². The second-order valence-electron chi connectivity index (χ2n) is 6.24. The highest BCUT2D eigenvalue weighted by Crippen LogP contribution is 2.20. The largest absolute Gasteiger partial charge is 0.332 e. The van der Waals surface area contributed by atoms with Gasteiger partial charge in [-0.15, -0.1) is 0 Å². The lowest BCUT2D eigenvalue weighted by Gasteiger charge is -2.09. The molecule has 9 nitrogen and oxygen atoms in total. The smallest absolute Gasteiger partial charge is 0.332 e. The number of imidazole rings is 1. The Bertz CT molecular complexity index is 1200. The Hall–Kier alpha value is -2.72. The molecule has 0 atom stereocenters. The van der Waals surface area contributed by atoms with Crippen LogP contribution in [0.4, 0.5) is 0 Å². The zero-order valence-corrected chi connectivity index (χ0v) is 15.9. The number of sulfonamides is 1. The van der Waals surface area contributed by atoms with Crippen LogP contribution in [0, 0.1) is 0 Å². The molecule has 0 amide bonds. The molecule has 0 aliphatic heterocycles. The van der Waals surface area contributed by atoms with E-state index in [0.29, 0.717) is 43.0 Å². The van der Waals surface area contributed by atoms with E-state index < -0.39 is 15.6 Å². The molecule has 0 saturated carbocycles. The molecule has 0 spiro atoms. The number of fused-ring (bicyclic) bond motifs is 1. The number of nitrogens with zero attached hydrogens (tertiary/aromatic N) is 3. The van der Waals surface area contributed by atoms with Crippen molar-refractivity contribution in [3.8, 4) is 11.4 Å². The standard InChI is InChI=1S/C17H21N5O4S/c1-3-9-21-15-13(16(23)22(10-4-2)17(21)24)19-14(20-15)11-5-7-12(8-6-11)27(18,25)26/h5-8H,3-4,9-10H2,1-2H3,(H,19,20)(H2,18,25,26). The molecule has 2 aromatic heterocycles. The van der Waals surface area contributed by atoms with Crippen molar-refractivity contribution in [3.63, 3.8) is 0 Å². The topological polar surface area (TPSA) is 133 Å². The summed E-state index contributed by atoms with van der Waals surface area (Å²) in [6.45, 7) is 4.60. The Morgan fingerprint density at radius 2 is 1.63 bits per heavy atom. The van der Waals surface area contributed by atoms with Crippen molar-refractivity contribution >= 4 is 21.2 Å². The van der Waals surface area contributed by atoms with Crippen LogP contribution in [-0.2, 0) is 23.1 Å². The number of hydrogen-bond donors (Lipinski definition) is 2. The molecule has 0 saturated heterocycles. The minimum absolute atomic E-state index is 0.0180. The van der Waals surface area contributed by atoms with Gasteiger partial charge >= 0.3 is 5.69 Å². The average molecular weight is 391 g/mol. The lowest BCUT2D eigenvalue weighted by atomic mass is 10.2. The van der Waals surface area contributed by atoms with E-state index in [4.69, 9.17) is 5.14 Å². The average Bonchev–Trinajstić information content (AvgIpc) is 3.07. The quantitative estimate of drug-likeness (QED) is 0.647. The second kappa shape index (κ2) is 7.12. The van der Waals surface area contributed by atoms with Gasteiger partial charge in [-0.3, -0.25) is 13.9 Å². The lowest BCUT2D eigenvalue weighted by Crippen LogP contribution is -2.40. The summed E-state index contributed by atoms with van der Waals surface area (Å²) < 4.78 is 25.5. The number of aromatic amines is 1. The maximum absolute atomic E-state index is 12.7. The number of nitrogens with two attached hydrogens (primary N) is 1. The van der Waals surface area contributed by atoms with Gasteiger partial charge in [0.2, 0.25) is 10.0 Å². The summed E-state index contributed by atoms with van der Waals surface area (Å²) in [5.74, 6) is 0.376. The molecule has 0 fully saturated rings. The van der Waals surface area contributed by atoms with Crippen LogP contribution < -0.4 is 16.4 Å². The highest BCUT2D eigenvalue weighted by atomic mass is 32.2. The van der Waals surface area contributed by atoms with Crippen molar-refractivity contribution in [1.29, 1.82) is 0 Å². The first-order valence-electron chi connectivity index (χ1n) is 8.64. The van der Waals surface area contributed by atoms with Gasteiger partial charge in [-0.2, -0.15) is 0 Å². The molecular weight excluding hydrogens is 370 g/mol. The Balaban J connectivity index is 2.22. The van der Waals surface area contributed by atoms with Crippen LogP contribution in [0.5, 0.6) is 0 Å². The van der Waals surface area contributed by atoms with Crippen LogP contribution in [0.3, 0.4) is 0 Å². The highest BCUT2D eigenvalue weighted by molar-refractivity contribution is 7.89. The second-order valence-corrected chi connectivity index (χ2v) is 7.81. The van der Waals surface area contributed by atoms with Gasteiger partial charge < -0.3 is 4.98 Å². The molecule has 3 N–H and O–H groups in total. The van der Waals surface area contributed by atoms with Gasteiger partial charge in [0.15, 0.2) is 5.65 Å². The zero-order valence-electron chi connectivity index (χ0n) is 15.1. The van der Waals surface area contributed by atoms with E-state index in [1.54, 1.807) is 12.1 Å². The summed E-state index contributed by atoms with van der Waals surface area (Å²) >= 11 is 0. The van der Waals surface area contributed by atoms with Crippen molar-refractivity contribution in [1.82, 2.24) is 19.1 Å². The van der Waals surface area contributed by atoms with Crippen molar-refractivity contribution in [2.45, 2.75) is 44.7 Å². The maximum atomic E-state index is 12.7. The first-order valence-corrected chi connectivity index (χ1v) is 10.2. The molecule has 144 valence electrons. The normalized spacial score (nSPS) is 12.0. The predicted molar refractivity (Wildman–Crippen MR) is 102 cm³/mol. The fourth-order valence-corrected chi connectivity index (χ4v) is 3.47. The number of benzene rings is 1. The Kier molecular flexibility index (Phi) is 5.03. The number of nitrogens with one attached hydrogen (secondary N) is 1. The van der Waals surface area contributed by atoms with E-state index in [1.807, 2.05) is 13.8 Å². The number of aryl methyl sites for hydroxylation is 1. The Labute approximate surface area is 155 Å². The molecule has 2 heterocycles. The first-order chi connectivity index (χ1) is 12.8. The molecule has 27 heavy (non-hydrogen) atoms. The third-order valence-corrected chi connectivity index (χ3v) is 5.14. The monoisotopic (exact) mass is 391 g/mol. The number of hydrogen-bond acceptors (Lipinski definition) is 5. The van der Waals surface area contributed by atoms with Gasteiger partial charge in [-0.25, -0.2) is 23.3 Å². The van der Waals surface area contributed by atoms with Crippen molar-refractivity contribution in [3.05, 3.63) is 45.1 Å². The van der Waals surface area contributed by atoms with Gasteiger partial charge in [0.1, 0.15) is 11.3 Å². The summed E-state index contributed by atoms with van der Waals surface area (Å²) in [7, 11) is -3.79. The van der Waals surface area contributed by atoms with Gasteiger partial charge in [0.25, 0.3) is 5.56 Å². The zero-order chi connectivity index (χ0) is 19.8. The lowest BCUT2D eigenvalue weighted by molar-refractivity contribution is 0.555. The molecule has 0 radical (unpaired) electrons. The molecule has 1 aromatic carbocycles. The summed E-state index contributed by atoms with van der Waals surface area (Å²) in [5, 5.41) is 5.11. The van der Waals surface area contributed by atoms with E-state index in [-0.39, 0.29) is 16.1 Å². The highest BCUT2D eigenvalue weighted by Gasteiger charge is 2.17. The Morgan fingerprint density at radius 1 is 1.04 bits per heavy atom. The summed E-state index contributed by atoms with van der Waals surface area (Å²) in [4.78, 5) is 32.8. The van der Waals surface area contributed by atoms with E-state index in [1.165, 1.54) is 21.3 Å². The van der Waals surface area contributed by atoms with E-state index >= 15 is 0 Å². The molecular formula is C17H21N5O4S. The third-order valence-electron chi connectivity index (χ3n) is 4.21. The predicted octanol–water partition coefficient (Wildman–Crippen LogP) is 1.02. The van der Waals surface area contributed by atoms with Gasteiger partial charge in [0, 0.05) is 18.7 Å². The Morgan fingerprint density at radius 3 is 2.19 bits per heavy atom. The third kappa shape index (κ3) is 3.45. The minimum atomic E-state index is -3.79. The van der Waals surface area contributed by atoms with E-state index in [0.717, 1.165) is 0 Å². The van der Waals surface area contributed by atoms with E-state index in [9.17, 15) is 18.0 Å². The SMILES string of the molecule is CCCn1c(=O)c2[nH]c(-c3ccc(S(N)(=O)=O)cc3)nc2n(CCC)c1=O. The van der Waals surface area contributed by atoms with Crippen LogP contribution in [0.15, 0.2) is 38.8 Å². The molecule has 0 aliphatic rings. The maximum Gasteiger partial charge on any atom is 0.332 e. The van der Waals surface area contributed by atoms with Gasteiger partial charge in [-0.1, -0.05) is 13.8 Å². The van der Waals surface area contributed by atoms with Crippen molar-refractivity contribution in [2.24, 2.45) is 5.14 Å². The first kappa shape index (κ1) is 19.1. The molecule has 3 rings (SSSR count). The van der Waals surface area contributed by atoms with Crippen LogP contribution in [-0.4, -0.2) is 27.5 Å². The van der Waals surface area contributed by atoms with Gasteiger partial charge in [-0.05, 0) is 37.1 Å². The van der Waals surface area contributed by atoms with Crippen molar-refractivity contribution in [2.75, 3.05) is 0 Å². The fraction of sp³-hybridized carbons (Fsp3) is 0.353. The number of primary sulfonamides is 1. The molecule has 0 unspecified atom stereocenters. The van der Waals surface area contributed by atoms with Crippen LogP contribution in [0.2, 0.25) is 0 Å². The molecule has 3 aromatic rings. The van der Waals surface area contributed by atoms with E-state index in [2.05, 4.69) is 9.97 Å². The summed E-state index contributed by atoms with van der Waals surface area (Å²) in [6, 6.07) is 5.83. The number of rotatable bonds is 6. The minimum Gasteiger partial charge on any atom is -0.332 e. The fourth-order valence-electron chi connectivity index (χ4n) is 2.95.